The summed E-state index contributed by atoms with van der Waals surface area (Å²) in [5, 5.41) is 6.93. The van der Waals surface area contributed by atoms with Gasteiger partial charge in [-0.2, -0.15) is 0 Å². The van der Waals surface area contributed by atoms with E-state index in [4.69, 9.17) is 16.0 Å². The SMILES string of the molecule is CC(C(N)=O)N(c1ccc(F)cc1)c1nc(N)c(C(=O)c2cc(C(=O)NC3CCCC3(C)C)no2)s1. The monoisotopic (exact) mass is 514 g/mol. The summed E-state index contributed by atoms with van der Waals surface area (Å²) < 4.78 is 18.6. The highest BCUT2D eigenvalue weighted by atomic mass is 32.1. The minimum absolute atomic E-state index is 0.00485. The molecule has 0 radical (unpaired) electrons. The van der Waals surface area contributed by atoms with Crippen molar-refractivity contribution >= 4 is 45.6 Å². The highest BCUT2D eigenvalue weighted by molar-refractivity contribution is 7.18. The third kappa shape index (κ3) is 4.94. The molecule has 3 aromatic rings. The van der Waals surface area contributed by atoms with Gasteiger partial charge in [-0.15, -0.1) is 0 Å². The van der Waals surface area contributed by atoms with Crippen LogP contribution >= 0.6 is 11.3 Å². The molecule has 2 aromatic heterocycles. The number of nitrogen functional groups attached to an aromatic ring is 1. The summed E-state index contributed by atoms with van der Waals surface area (Å²) >= 11 is 0.909. The van der Waals surface area contributed by atoms with Gasteiger partial charge in [-0.3, -0.25) is 14.4 Å². The van der Waals surface area contributed by atoms with Gasteiger partial charge in [-0.05, 0) is 49.4 Å². The lowest BCUT2D eigenvalue weighted by Crippen LogP contribution is -2.41. The van der Waals surface area contributed by atoms with Gasteiger partial charge in [0.1, 0.15) is 22.6 Å². The van der Waals surface area contributed by atoms with E-state index in [2.05, 4.69) is 29.3 Å². The first-order valence-corrected chi connectivity index (χ1v) is 12.2. The maximum Gasteiger partial charge on any atom is 0.273 e. The first-order valence-electron chi connectivity index (χ1n) is 11.4. The maximum atomic E-state index is 13.5. The van der Waals surface area contributed by atoms with E-state index in [0.29, 0.717) is 5.69 Å². The van der Waals surface area contributed by atoms with Gasteiger partial charge in [0.05, 0.1) is 0 Å². The van der Waals surface area contributed by atoms with E-state index in [-0.39, 0.29) is 38.7 Å². The molecule has 1 aromatic carbocycles. The molecule has 4 rings (SSSR count). The average molecular weight is 515 g/mol. The normalized spacial score (nSPS) is 17.5. The topological polar surface area (TPSA) is 157 Å². The molecule has 0 aliphatic heterocycles. The molecule has 0 saturated heterocycles. The van der Waals surface area contributed by atoms with Crippen LogP contribution < -0.4 is 21.7 Å². The Morgan fingerprint density at radius 1 is 1.28 bits per heavy atom. The Kier molecular flexibility index (Phi) is 6.81. The number of benzene rings is 1. The number of carbonyl (C=O) groups excluding carboxylic acids is 3. The molecular formula is C24H27FN6O4S. The van der Waals surface area contributed by atoms with E-state index in [0.717, 1.165) is 30.6 Å². The number of nitrogens with zero attached hydrogens (tertiary/aromatic N) is 3. The first-order chi connectivity index (χ1) is 17.0. The predicted octanol–water partition coefficient (Wildman–Crippen LogP) is 3.40. The fourth-order valence-electron chi connectivity index (χ4n) is 4.24. The van der Waals surface area contributed by atoms with Gasteiger partial charge in [0.25, 0.3) is 5.91 Å². The lowest BCUT2D eigenvalue weighted by molar-refractivity contribution is -0.118. The fourth-order valence-corrected chi connectivity index (χ4v) is 5.27. The number of ketones is 1. The van der Waals surface area contributed by atoms with Gasteiger partial charge >= 0.3 is 0 Å². The third-order valence-corrected chi connectivity index (χ3v) is 7.56. The highest BCUT2D eigenvalue weighted by Crippen LogP contribution is 2.38. The zero-order valence-corrected chi connectivity index (χ0v) is 20.9. The fraction of sp³-hybridized carbons (Fsp3) is 0.375. The van der Waals surface area contributed by atoms with Crippen LogP contribution in [0, 0.1) is 11.2 Å². The molecule has 1 saturated carbocycles. The van der Waals surface area contributed by atoms with Crippen LogP contribution in [-0.4, -0.2) is 39.8 Å². The zero-order chi connectivity index (χ0) is 26.2. The molecule has 2 atom stereocenters. The van der Waals surface area contributed by atoms with Crippen LogP contribution in [0.25, 0.3) is 0 Å². The molecule has 190 valence electrons. The minimum atomic E-state index is -0.871. The van der Waals surface area contributed by atoms with Crippen LogP contribution in [0.15, 0.2) is 34.9 Å². The van der Waals surface area contributed by atoms with Gasteiger partial charge in [0, 0.05) is 17.8 Å². The van der Waals surface area contributed by atoms with Gasteiger partial charge in [0.2, 0.25) is 17.5 Å². The van der Waals surface area contributed by atoms with Gasteiger partial charge in [-0.1, -0.05) is 36.8 Å². The first kappa shape index (κ1) is 25.3. The summed E-state index contributed by atoms with van der Waals surface area (Å²) in [7, 11) is 0. The third-order valence-electron chi connectivity index (χ3n) is 6.49. The number of hydrogen-bond acceptors (Lipinski definition) is 9. The largest absolute Gasteiger partial charge is 0.382 e. The van der Waals surface area contributed by atoms with E-state index < -0.39 is 29.5 Å². The lowest BCUT2D eigenvalue weighted by Gasteiger charge is -2.27. The molecule has 5 N–H and O–H groups in total. The molecule has 2 unspecified atom stereocenters. The van der Waals surface area contributed by atoms with E-state index in [1.54, 1.807) is 6.92 Å². The van der Waals surface area contributed by atoms with Crippen molar-refractivity contribution in [1.29, 1.82) is 0 Å². The summed E-state index contributed by atoms with van der Waals surface area (Å²) in [4.78, 5) is 43.5. The quantitative estimate of drug-likeness (QED) is 0.386. The number of anilines is 3. The predicted molar refractivity (Wildman–Crippen MR) is 133 cm³/mol. The van der Waals surface area contributed by atoms with Gasteiger partial charge in [0.15, 0.2) is 10.8 Å². The molecule has 2 heterocycles. The van der Waals surface area contributed by atoms with Crippen molar-refractivity contribution in [2.24, 2.45) is 11.1 Å². The molecule has 0 bridgehead atoms. The zero-order valence-electron chi connectivity index (χ0n) is 20.1. The number of rotatable bonds is 8. The average Bonchev–Trinajstić information content (AvgIpc) is 3.54. The van der Waals surface area contributed by atoms with Crippen molar-refractivity contribution in [3.05, 3.63) is 52.5 Å². The van der Waals surface area contributed by atoms with Crippen molar-refractivity contribution in [2.45, 2.75) is 52.1 Å². The molecule has 0 spiro atoms. The number of thiazole rings is 1. The van der Waals surface area contributed by atoms with Crippen LogP contribution in [0.2, 0.25) is 0 Å². The van der Waals surface area contributed by atoms with Gasteiger partial charge < -0.3 is 26.2 Å². The highest BCUT2D eigenvalue weighted by Gasteiger charge is 2.36. The molecule has 2 amide bonds. The Labute approximate surface area is 210 Å². The number of carbonyl (C=O) groups is 3. The number of amides is 2. The van der Waals surface area contributed by atoms with Crippen molar-refractivity contribution in [1.82, 2.24) is 15.5 Å². The van der Waals surface area contributed by atoms with E-state index >= 15 is 0 Å². The van der Waals surface area contributed by atoms with Crippen molar-refractivity contribution in [3.8, 4) is 0 Å². The Morgan fingerprint density at radius 3 is 2.58 bits per heavy atom. The van der Waals surface area contributed by atoms with Crippen LogP contribution in [-0.2, 0) is 4.79 Å². The summed E-state index contributed by atoms with van der Waals surface area (Å²) in [6.07, 6.45) is 2.91. The summed E-state index contributed by atoms with van der Waals surface area (Å²) in [6, 6.07) is 5.78. The van der Waals surface area contributed by atoms with Crippen LogP contribution in [0.4, 0.5) is 21.0 Å². The molecule has 36 heavy (non-hydrogen) atoms. The minimum Gasteiger partial charge on any atom is -0.382 e. The molecular weight excluding hydrogens is 487 g/mol. The summed E-state index contributed by atoms with van der Waals surface area (Å²) in [5.41, 5.74) is 11.9. The number of primary amides is 1. The second-order valence-corrected chi connectivity index (χ2v) is 10.4. The van der Waals surface area contributed by atoms with Crippen molar-refractivity contribution < 1.29 is 23.3 Å². The molecule has 1 aliphatic carbocycles. The number of halogens is 1. The van der Waals surface area contributed by atoms with Gasteiger partial charge in [-0.25, -0.2) is 9.37 Å². The molecule has 1 fully saturated rings. The molecule has 1 aliphatic rings. The number of nitrogens with two attached hydrogens (primary N) is 2. The smallest absolute Gasteiger partial charge is 0.273 e. The van der Waals surface area contributed by atoms with Crippen LogP contribution in [0.5, 0.6) is 0 Å². The Hall–Kier alpha value is -3.80. The lowest BCUT2D eigenvalue weighted by atomic mass is 9.87. The Morgan fingerprint density at radius 2 is 1.97 bits per heavy atom. The summed E-state index contributed by atoms with van der Waals surface area (Å²) in [5.74, 6) is -2.43. The van der Waals surface area contributed by atoms with E-state index in [9.17, 15) is 18.8 Å². The molecule has 10 nitrogen and oxygen atoms in total. The number of hydrogen-bond donors (Lipinski definition) is 3. The van der Waals surface area contributed by atoms with Crippen molar-refractivity contribution in [2.75, 3.05) is 10.6 Å². The second kappa shape index (κ2) is 9.69. The van der Waals surface area contributed by atoms with Crippen LogP contribution in [0.3, 0.4) is 0 Å². The van der Waals surface area contributed by atoms with E-state index in [1.807, 2.05) is 0 Å². The second-order valence-electron chi connectivity index (χ2n) is 9.45. The number of nitrogens with one attached hydrogen (secondary N) is 1. The Balaban J connectivity index is 1.58. The molecule has 12 heteroatoms. The summed E-state index contributed by atoms with van der Waals surface area (Å²) in [6.45, 7) is 5.75. The maximum absolute atomic E-state index is 13.5. The van der Waals surface area contributed by atoms with E-state index in [1.165, 1.54) is 35.2 Å². The Bertz CT molecular complexity index is 1300. The van der Waals surface area contributed by atoms with Crippen molar-refractivity contribution in [3.63, 3.8) is 0 Å². The standard InChI is InChI=1S/C24H27FN6O4S/c1-12(21(27)33)31(14-8-6-13(25)7-9-14)23-29-20(26)19(36-23)18(32)16-11-15(30-35-16)22(34)28-17-5-4-10-24(17,2)3/h6-9,11-12,17H,4-5,10,26H2,1-3H3,(H2,27,33)(H,28,34). The number of aromatic nitrogens is 2. The van der Waals surface area contributed by atoms with Crippen LogP contribution in [0.1, 0.15) is 66.0 Å².